The van der Waals surface area contributed by atoms with E-state index in [0.29, 0.717) is 11.6 Å². The molecular formula is C17H27N3O4. The highest BCUT2D eigenvalue weighted by Crippen LogP contribution is 2.22. The molecule has 0 radical (unpaired) electrons. The smallest absolute Gasteiger partial charge is 0.410 e. The molecule has 1 saturated heterocycles. The fourth-order valence-corrected chi connectivity index (χ4v) is 2.75. The minimum Gasteiger partial charge on any atom is -0.464 e. The fourth-order valence-electron chi connectivity index (χ4n) is 2.75. The van der Waals surface area contributed by atoms with E-state index in [1.807, 2.05) is 25.3 Å². The molecule has 0 aliphatic carbocycles. The molecule has 0 atom stereocenters. The minimum atomic E-state index is -0.452. The summed E-state index contributed by atoms with van der Waals surface area (Å²) in [5.41, 5.74) is -0.121. The van der Waals surface area contributed by atoms with Crippen LogP contribution in [-0.2, 0) is 16.0 Å². The van der Waals surface area contributed by atoms with Crippen molar-refractivity contribution in [1.29, 1.82) is 0 Å². The van der Waals surface area contributed by atoms with Crippen molar-refractivity contribution in [3.05, 3.63) is 18.2 Å². The second kappa shape index (κ2) is 7.68. The van der Waals surface area contributed by atoms with E-state index in [4.69, 9.17) is 4.74 Å². The Bertz CT molecular complexity index is 569. The summed E-state index contributed by atoms with van der Waals surface area (Å²) in [5, 5.41) is 0. The Kier molecular flexibility index (Phi) is 5.85. The molecule has 24 heavy (non-hydrogen) atoms. The number of piperidine rings is 1. The van der Waals surface area contributed by atoms with E-state index in [9.17, 15) is 9.59 Å². The number of aromatic nitrogens is 2. The molecular weight excluding hydrogens is 310 g/mol. The quantitative estimate of drug-likeness (QED) is 0.790. The number of ether oxygens (including phenoxy) is 2. The predicted molar refractivity (Wildman–Crippen MR) is 88.7 cm³/mol. The van der Waals surface area contributed by atoms with Gasteiger partial charge in [0.05, 0.1) is 13.4 Å². The number of esters is 1. The molecule has 1 aliphatic rings. The third-order valence-electron chi connectivity index (χ3n) is 4.09. The van der Waals surface area contributed by atoms with Crippen molar-refractivity contribution in [3.63, 3.8) is 0 Å². The molecule has 7 nitrogen and oxygen atoms in total. The summed E-state index contributed by atoms with van der Waals surface area (Å²) < 4.78 is 12.0. The van der Waals surface area contributed by atoms with Gasteiger partial charge in [0.1, 0.15) is 5.60 Å². The van der Waals surface area contributed by atoms with Gasteiger partial charge in [-0.2, -0.15) is 0 Å². The van der Waals surface area contributed by atoms with E-state index in [0.717, 1.165) is 38.9 Å². The van der Waals surface area contributed by atoms with Crippen molar-refractivity contribution >= 4 is 12.1 Å². The van der Waals surface area contributed by atoms with Gasteiger partial charge in [0, 0.05) is 25.8 Å². The third-order valence-corrected chi connectivity index (χ3v) is 4.09. The van der Waals surface area contributed by atoms with Crippen molar-refractivity contribution in [2.24, 2.45) is 5.92 Å². The molecule has 2 rings (SSSR count). The predicted octanol–water partition coefficient (Wildman–Crippen LogP) is 2.71. The fraction of sp³-hybridized carbons (Fsp3) is 0.706. The lowest BCUT2D eigenvalue weighted by atomic mass is 9.94. The van der Waals surface area contributed by atoms with Gasteiger partial charge < -0.3 is 18.9 Å². The highest BCUT2D eigenvalue weighted by Gasteiger charge is 2.26. The molecule has 0 aromatic carbocycles. The number of methoxy groups -OCH3 is 1. The Balaban J connectivity index is 1.74. The lowest BCUT2D eigenvalue weighted by Crippen LogP contribution is -2.41. The van der Waals surface area contributed by atoms with E-state index < -0.39 is 11.6 Å². The van der Waals surface area contributed by atoms with Crippen molar-refractivity contribution in [3.8, 4) is 0 Å². The summed E-state index contributed by atoms with van der Waals surface area (Å²) in [6.07, 6.45) is 6.08. The summed E-state index contributed by atoms with van der Waals surface area (Å²) in [4.78, 5) is 29.3. The normalized spacial score (nSPS) is 16.1. The summed E-state index contributed by atoms with van der Waals surface area (Å²) in [6, 6.07) is 0. The third kappa shape index (κ3) is 5.25. The molecule has 2 heterocycles. The number of aryl methyl sites for hydroxylation is 1. The van der Waals surface area contributed by atoms with Gasteiger partial charge in [-0.1, -0.05) is 0 Å². The Morgan fingerprint density at radius 1 is 1.29 bits per heavy atom. The number of carbonyl (C=O) groups is 2. The second-order valence-electron chi connectivity index (χ2n) is 7.19. The first-order valence-corrected chi connectivity index (χ1v) is 8.36. The van der Waals surface area contributed by atoms with E-state index in [2.05, 4.69) is 9.72 Å². The maximum atomic E-state index is 12.0. The van der Waals surface area contributed by atoms with Crippen LogP contribution in [0.4, 0.5) is 4.79 Å². The van der Waals surface area contributed by atoms with Crippen LogP contribution in [0.3, 0.4) is 0 Å². The van der Waals surface area contributed by atoms with Crippen LogP contribution < -0.4 is 0 Å². The molecule has 134 valence electrons. The zero-order valence-corrected chi connectivity index (χ0v) is 14.9. The first-order chi connectivity index (χ1) is 11.3. The molecule has 0 bridgehead atoms. The first-order valence-electron chi connectivity index (χ1n) is 8.36. The van der Waals surface area contributed by atoms with Crippen molar-refractivity contribution in [2.75, 3.05) is 20.2 Å². The monoisotopic (exact) mass is 337 g/mol. The van der Waals surface area contributed by atoms with Gasteiger partial charge in [0.25, 0.3) is 0 Å². The van der Waals surface area contributed by atoms with Crippen LogP contribution in [-0.4, -0.2) is 52.3 Å². The molecule has 0 N–H and O–H groups in total. The van der Waals surface area contributed by atoms with Crippen LogP contribution in [0.2, 0.25) is 0 Å². The summed E-state index contributed by atoms with van der Waals surface area (Å²) in [7, 11) is 1.35. The molecule has 0 spiro atoms. The number of rotatable bonds is 4. The molecule has 0 saturated carbocycles. The molecule has 0 unspecified atom stereocenters. The van der Waals surface area contributed by atoms with Gasteiger partial charge >= 0.3 is 12.1 Å². The van der Waals surface area contributed by atoms with Crippen LogP contribution in [0.25, 0.3) is 0 Å². The zero-order chi connectivity index (χ0) is 17.7. The topological polar surface area (TPSA) is 73.7 Å². The van der Waals surface area contributed by atoms with Crippen LogP contribution in [0.15, 0.2) is 12.5 Å². The van der Waals surface area contributed by atoms with E-state index in [1.54, 1.807) is 17.4 Å². The van der Waals surface area contributed by atoms with Crippen LogP contribution in [0.1, 0.15) is 50.5 Å². The van der Waals surface area contributed by atoms with Crippen molar-refractivity contribution < 1.29 is 19.1 Å². The molecule has 1 amide bonds. The Labute approximate surface area is 142 Å². The number of likely N-dealkylation sites (tertiary alicyclic amines) is 1. The highest BCUT2D eigenvalue weighted by atomic mass is 16.6. The lowest BCUT2D eigenvalue weighted by molar-refractivity contribution is 0.0179. The number of hydrogen-bond donors (Lipinski definition) is 0. The van der Waals surface area contributed by atoms with Crippen LogP contribution >= 0.6 is 0 Å². The second-order valence-corrected chi connectivity index (χ2v) is 7.19. The van der Waals surface area contributed by atoms with Gasteiger partial charge in [0.2, 0.25) is 0 Å². The maximum Gasteiger partial charge on any atom is 0.410 e. The minimum absolute atomic E-state index is 0.224. The van der Waals surface area contributed by atoms with E-state index in [1.165, 1.54) is 7.11 Å². The van der Waals surface area contributed by atoms with Crippen LogP contribution in [0, 0.1) is 5.92 Å². The Hall–Kier alpha value is -2.05. The summed E-state index contributed by atoms with van der Waals surface area (Å²) in [6.45, 7) is 7.91. The standard InChI is InChI=1S/C17H27N3O4/c1-17(2,3)24-16(22)20-9-6-13(7-10-20)5-8-19-11-14(18-12-19)15(21)23-4/h11-13H,5-10H2,1-4H3. The number of carbonyl (C=O) groups excluding carboxylic acids is 2. The number of hydrogen-bond acceptors (Lipinski definition) is 5. The number of nitrogens with zero attached hydrogens (tertiary/aromatic N) is 3. The number of imidazole rings is 1. The molecule has 1 aromatic rings. The van der Waals surface area contributed by atoms with Crippen molar-refractivity contribution in [1.82, 2.24) is 14.5 Å². The van der Waals surface area contributed by atoms with Gasteiger partial charge in [0.15, 0.2) is 5.69 Å². The first kappa shape index (κ1) is 18.3. The zero-order valence-electron chi connectivity index (χ0n) is 14.9. The highest BCUT2D eigenvalue weighted by molar-refractivity contribution is 5.86. The van der Waals surface area contributed by atoms with Gasteiger partial charge in [-0.25, -0.2) is 14.6 Å². The molecule has 1 aromatic heterocycles. The lowest BCUT2D eigenvalue weighted by Gasteiger charge is -2.33. The van der Waals surface area contributed by atoms with Crippen LogP contribution in [0.5, 0.6) is 0 Å². The van der Waals surface area contributed by atoms with E-state index >= 15 is 0 Å². The molecule has 7 heteroatoms. The van der Waals surface area contributed by atoms with Gasteiger partial charge in [-0.15, -0.1) is 0 Å². The largest absolute Gasteiger partial charge is 0.464 e. The average Bonchev–Trinajstić information content (AvgIpc) is 3.00. The SMILES string of the molecule is COC(=O)c1cn(CCC2CCN(C(=O)OC(C)(C)C)CC2)cn1. The Morgan fingerprint density at radius 2 is 1.96 bits per heavy atom. The summed E-state index contributed by atoms with van der Waals surface area (Å²) in [5.74, 6) is 0.145. The van der Waals surface area contributed by atoms with Crippen molar-refractivity contribution in [2.45, 2.75) is 52.2 Å². The van der Waals surface area contributed by atoms with Gasteiger partial charge in [-0.05, 0) is 46.0 Å². The van der Waals surface area contributed by atoms with Gasteiger partial charge in [-0.3, -0.25) is 0 Å². The average molecular weight is 337 g/mol. The molecule has 1 fully saturated rings. The molecule has 1 aliphatic heterocycles. The Morgan fingerprint density at radius 3 is 2.54 bits per heavy atom. The maximum absolute atomic E-state index is 12.0. The summed E-state index contributed by atoms with van der Waals surface area (Å²) >= 11 is 0. The number of amides is 1. The van der Waals surface area contributed by atoms with E-state index in [-0.39, 0.29) is 6.09 Å².